The van der Waals surface area contributed by atoms with Crippen LogP contribution in [0.3, 0.4) is 0 Å². The first kappa shape index (κ1) is 20.2. The Hall–Kier alpha value is -2.09. The van der Waals surface area contributed by atoms with Crippen molar-refractivity contribution in [1.29, 1.82) is 0 Å². The molecule has 0 aliphatic carbocycles. The molecule has 29 heavy (non-hydrogen) atoms. The summed E-state index contributed by atoms with van der Waals surface area (Å²) in [4.78, 5) is 14.6. The normalized spacial score (nSPS) is 20.1. The van der Waals surface area contributed by atoms with E-state index in [0.29, 0.717) is 5.92 Å². The monoisotopic (exact) mass is 415 g/mol. The summed E-state index contributed by atoms with van der Waals surface area (Å²) in [5, 5.41) is 11.2. The van der Waals surface area contributed by atoms with Crippen LogP contribution in [0.15, 0.2) is 22.8 Å². The number of thiazole rings is 1. The molecule has 8 heteroatoms. The number of hydrogen-bond acceptors (Lipinski definition) is 5. The first-order chi connectivity index (χ1) is 14.2. The zero-order valence-corrected chi connectivity index (χ0v) is 18.5. The van der Waals surface area contributed by atoms with Crippen LogP contribution in [0.1, 0.15) is 37.4 Å². The van der Waals surface area contributed by atoms with E-state index in [4.69, 9.17) is 9.98 Å². The van der Waals surface area contributed by atoms with Crippen molar-refractivity contribution in [3.05, 3.63) is 29.0 Å². The zero-order valence-electron chi connectivity index (χ0n) is 17.7. The van der Waals surface area contributed by atoms with Gasteiger partial charge in [-0.2, -0.15) is 5.10 Å². The molecule has 2 saturated heterocycles. The lowest BCUT2D eigenvalue weighted by atomic mass is 10.0. The van der Waals surface area contributed by atoms with Crippen molar-refractivity contribution in [2.24, 2.45) is 18.0 Å². The van der Waals surface area contributed by atoms with Crippen molar-refractivity contribution in [3.63, 3.8) is 0 Å². The van der Waals surface area contributed by atoms with Gasteiger partial charge in [0.05, 0.1) is 11.9 Å². The van der Waals surface area contributed by atoms with Gasteiger partial charge in [-0.05, 0) is 44.1 Å². The van der Waals surface area contributed by atoms with Crippen LogP contribution in [-0.4, -0.2) is 64.9 Å². The first-order valence-electron chi connectivity index (χ1n) is 10.9. The number of rotatable bonds is 7. The molecule has 2 aliphatic rings. The third-order valence-corrected chi connectivity index (χ3v) is 6.70. The highest BCUT2D eigenvalue weighted by atomic mass is 32.1. The van der Waals surface area contributed by atoms with Crippen molar-refractivity contribution in [2.45, 2.75) is 39.0 Å². The predicted molar refractivity (Wildman–Crippen MR) is 120 cm³/mol. The van der Waals surface area contributed by atoms with Gasteiger partial charge in [0.2, 0.25) is 0 Å². The summed E-state index contributed by atoms with van der Waals surface area (Å²) in [5.74, 6) is 1.72. The number of nitrogens with zero attached hydrogens (tertiary/aromatic N) is 6. The summed E-state index contributed by atoms with van der Waals surface area (Å²) >= 11 is 1.78. The fraction of sp³-hybridized carbons (Fsp3) is 0.667. The number of likely N-dealkylation sites (tertiary alicyclic amines) is 1. The van der Waals surface area contributed by atoms with Crippen molar-refractivity contribution in [2.75, 3.05) is 44.2 Å². The summed E-state index contributed by atoms with van der Waals surface area (Å²) in [7, 11) is 1.98. The quantitative estimate of drug-likeness (QED) is 0.556. The molecular formula is C21H33N7S. The summed E-state index contributed by atoms with van der Waals surface area (Å²) in [5.41, 5.74) is 2.51. The largest absolute Gasteiger partial charge is 0.357 e. The Morgan fingerprint density at radius 1 is 1.31 bits per heavy atom. The number of nitrogens with one attached hydrogen (secondary N) is 1. The molecule has 2 aromatic heterocycles. The summed E-state index contributed by atoms with van der Waals surface area (Å²) in [6, 6.07) is 0. The van der Waals surface area contributed by atoms with Gasteiger partial charge in [0, 0.05) is 64.3 Å². The van der Waals surface area contributed by atoms with Gasteiger partial charge in [-0.1, -0.05) is 0 Å². The van der Waals surface area contributed by atoms with Gasteiger partial charge in [-0.3, -0.25) is 9.67 Å². The molecule has 7 nitrogen and oxygen atoms in total. The maximum Gasteiger partial charge on any atom is 0.193 e. The molecule has 1 atom stereocenters. The maximum atomic E-state index is 4.91. The van der Waals surface area contributed by atoms with Crippen LogP contribution in [0.4, 0.5) is 5.13 Å². The Bertz CT molecular complexity index is 806. The van der Waals surface area contributed by atoms with Crippen molar-refractivity contribution < 1.29 is 0 Å². The van der Waals surface area contributed by atoms with Gasteiger partial charge in [0.1, 0.15) is 0 Å². The molecule has 158 valence electrons. The van der Waals surface area contributed by atoms with Crippen molar-refractivity contribution in [1.82, 2.24) is 25.0 Å². The van der Waals surface area contributed by atoms with E-state index in [9.17, 15) is 0 Å². The topological polar surface area (TPSA) is 61.6 Å². The fourth-order valence-electron chi connectivity index (χ4n) is 4.27. The van der Waals surface area contributed by atoms with E-state index >= 15 is 0 Å². The van der Waals surface area contributed by atoms with E-state index < -0.39 is 0 Å². The number of hydrogen-bond donors (Lipinski definition) is 1. The maximum absolute atomic E-state index is 4.91. The molecule has 0 saturated carbocycles. The van der Waals surface area contributed by atoms with Gasteiger partial charge in [-0.25, -0.2) is 4.98 Å². The minimum Gasteiger partial charge on any atom is -0.357 e. The molecule has 2 aliphatic heterocycles. The molecule has 0 bridgehead atoms. The number of anilines is 1. The van der Waals surface area contributed by atoms with E-state index in [1.807, 2.05) is 17.9 Å². The second kappa shape index (κ2) is 9.61. The van der Waals surface area contributed by atoms with Gasteiger partial charge >= 0.3 is 0 Å². The highest BCUT2D eigenvalue weighted by molar-refractivity contribution is 7.13. The van der Waals surface area contributed by atoms with E-state index in [1.165, 1.54) is 35.7 Å². The molecule has 2 aromatic rings. The van der Waals surface area contributed by atoms with Crippen molar-refractivity contribution >= 4 is 22.4 Å². The minimum absolute atomic E-state index is 0.671. The molecule has 0 spiro atoms. The molecule has 2 fully saturated rings. The molecule has 0 radical (unpaired) electrons. The first-order valence-corrected chi connectivity index (χ1v) is 11.8. The second-order valence-electron chi connectivity index (χ2n) is 8.13. The Morgan fingerprint density at radius 2 is 2.17 bits per heavy atom. The van der Waals surface area contributed by atoms with Crippen LogP contribution < -0.4 is 10.2 Å². The lowest BCUT2D eigenvalue weighted by Gasteiger charge is -2.21. The number of guanidine groups is 1. The van der Waals surface area contributed by atoms with Crippen LogP contribution in [0.2, 0.25) is 0 Å². The highest BCUT2D eigenvalue weighted by Crippen LogP contribution is 2.24. The summed E-state index contributed by atoms with van der Waals surface area (Å²) in [6.07, 6.45) is 9.93. The predicted octanol–water partition coefficient (Wildman–Crippen LogP) is 2.55. The number of aliphatic imine (C=N–C) groups is 1. The van der Waals surface area contributed by atoms with Gasteiger partial charge in [-0.15, -0.1) is 11.3 Å². The molecule has 4 heterocycles. The van der Waals surface area contributed by atoms with Crippen LogP contribution in [0, 0.1) is 5.92 Å². The van der Waals surface area contributed by atoms with Crippen LogP contribution >= 0.6 is 11.3 Å². The SMILES string of the molecule is CCNC(=NCCc1csc(N2CCCC2)n1)N1CCC(Cc2cnn(C)c2)C1. The van der Waals surface area contributed by atoms with Crippen LogP contribution in [-0.2, 0) is 19.9 Å². The zero-order chi connectivity index (χ0) is 20.1. The summed E-state index contributed by atoms with van der Waals surface area (Å²) < 4.78 is 1.89. The van der Waals surface area contributed by atoms with Gasteiger partial charge in [0.25, 0.3) is 0 Å². The third-order valence-electron chi connectivity index (χ3n) is 5.75. The molecule has 4 rings (SSSR count). The molecule has 0 amide bonds. The van der Waals surface area contributed by atoms with Crippen LogP contribution in [0.25, 0.3) is 0 Å². The van der Waals surface area contributed by atoms with E-state index in [1.54, 1.807) is 11.3 Å². The number of aryl methyl sites for hydroxylation is 1. The number of aromatic nitrogens is 3. The third kappa shape index (κ3) is 5.29. The molecular weight excluding hydrogens is 382 g/mol. The molecule has 0 aromatic carbocycles. The average Bonchev–Trinajstić information content (AvgIpc) is 3.50. The van der Waals surface area contributed by atoms with E-state index in [2.05, 4.69) is 38.7 Å². The molecule has 1 N–H and O–H groups in total. The fourth-order valence-corrected chi connectivity index (χ4v) is 5.18. The van der Waals surface area contributed by atoms with E-state index in [0.717, 1.165) is 58.1 Å². The second-order valence-corrected chi connectivity index (χ2v) is 8.96. The standard InChI is InChI=1S/C21H33N7S/c1-3-22-20(28-11-7-17(15-28)12-18-13-24-26(2)14-18)23-8-6-19-16-29-21(25-19)27-9-4-5-10-27/h13-14,16-17H,3-12,15H2,1-2H3,(H,22,23). The van der Waals surface area contributed by atoms with Crippen LogP contribution in [0.5, 0.6) is 0 Å². The Morgan fingerprint density at radius 3 is 2.93 bits per heavy atom. The Kier molecular flexibility index (Phi) is 6.69. The average molecular weight is 416 g/mol. The lowest BCUT2D eigenvalue weighted by Crippen LogP contribution is -2.40. The van der Waals surface area contributed by atoms with Gasteiger partial charge in [0.15, 0.2) is 11.1 Å². The Labute approximate surface area is 177 Å². The van der Waals surface area contributed by atoms with E-state index in [-0.39, 0.29) is 0 Å². The highest BCUT2D eigenvalue weighted by Gasteiger charge is 2.25. The van der Waals surface area contributed by atoms with Gasteiger partial charge < -0.3 is 15.1 Å². The summed E-state index contributed by atoms with van der Waals surface area (Å²) in [6.45, 7) is 8.29. The molecule has 1 unspecified atom stereocenters. The van der Waals surface area contributed by atoms with Crippen molar-refractivity contribution in [3.8, 4) is 0 Å². The Balaban J connectivity index is 1.29. The minimum atomic E-state index is 0.671. The lowest BCUT2D eigenvalue weighted by molar-refractivity contribution is 0.460. The smallest absolute Gasteiger partial charge is 0.193 e.